The molecule has 1 aliphatic heterocycles. The molecule has 6 nitrogen and oxygen atoms in total. The normalized spacial score (nSPS) is 18.9. The van der Waals surface area contributed by atoms with E-state index in [0.29, 0.717) is 40.2 Å². The number of carbonyl (C=O) groups excluding carboxylic acids is 1. The zero-order valence-electron chi connectivity index (χ0n) is 17.5. The first kappa shape index (κ1) is 24.3. The fraction of sp³-hybridized carbons (Fsp3) is 0.455. The number of aromatic amines is 1. The summed E-state index contributed by atoms with van der Waals surface area (Å²) in [4.78, 5) is 15.6. The van der Waals surface area contributed by atoms with Crippen LogP contribution in [-0.2, 0) is 16.0 Å². The van der Waals surface area contributed by atoms with Gasteiger partial charge in [-0.3, -0.25) is 5.32 Å². The summed E-state index contributed by atoms with van der Waals surface area (Å²) in [6.07, 6.45) is 4.66. The number of rotatable bonds is 10. The van der Waals surface area contributed by atoms with Crippen LogP contribution in [0.25, 0.3) is 0 Å². The Hall–Kier alpha value is -1.81. The van der Waals surface area contributed by atoms with Gasteiger partial charge in [0.25, 0.3) is 0 Å². The van der Waals surface area contributed by atoms with Crippen LogP contribution in [-0.4, -0.2) is 36.9 Å². The summed E-state index contributed by atoms with van der Waals surface area (Å²) in [6.45, 7) is -1.88. The Kier molecular flexibility index (Phi) is 8.16. The molecular formula is C22H23Cl2F2N2O4S+. The van der Waals surface area contributed by atoms with Crippen molar-refractivity contribution in [2.75, 3.05) is 18.9 Å². The average Bonchev–Trinajstić information content (AvgIpc) is 3.44. The summed E-state index contributed by atoms with van der Waals surface area (Å²) in [5, 5.41) is 3.38. The molecule has 2 heterocycles. The summed E-state index contributed by atoms with van der Waals surface area (Å²) in [5.74, 6) is 0.886. The van der Waals surface area contributed by atoms with Crippen molar-refractivity contribution in [3.05, 3.63) is 51.8 Å². The fourth-order valence-corrected chi connectivity index (χ4v) is 4.82. The lowest BCUT2D eigenvalue weighted by atomic mass is 10.0. The van der Waals surface area contributed by atoms with Crippen molar-refractivity contribution in [2.45, 2.75) is 37.4 Å². The van der Waals surface area contributed by atoms with E-state index in [9.17, 15) is 13.6 Å². The molecule has 0 bridgehead atoms. The highest BCUT2D eigenvalue weighted by atomic mass is 35.5. The molecule has 11 heteroatoms. The van der Waals surface area contributed by atoms with Crippen molar-refractivity contribution in [2.24, 2.45) is 5.92 Å². The molecule has 4 rings (SSSR count). The van der Waals surface area contributed by atoms with Crippen molar-refractivity contribution in [1.29, 1.82) is 0 Å². The Morgan fingerprint density at radius 3 is 2.61 bits per heavy atom. The van der Waals surface area contributed by atoms with E-state index in [1.807, 2.05) is 0 Å². The van der Waals surface area contributed by atoms with Crippen LogP contribution in [0.3, 0.4) is 0 Å². The minimum absolute atomic E-state index is 0.0714. The van der Waals surface area contributed by atoms with Crippen molar-refractivity contribution >= 4 is 40.9 Å². The molecule has 2 atom stereocenters. The van der Waals surface area contributed by atoms with Crippen LogP contribution >= 0.6 is 35.0 Å². The molecule has 0 amide bonds. The summed E-state index contributed by atoms with van der Waals surface area (Å²) in [5.41, 5.74) is 1.15. The molecule has 1 saturated heterocycles. The zero-order chi connectivity index (χ0) is 23.4. The molecule has 2 fully saturated rings. The van der Waals surface area contributed by atoms with Gasteiger partial charge >= 0.3 is 12.6 Å². The molecule has 2 N–H and O–H groups in total. The number of H-pyrrole nitrogens is 1. The first-order valence-corrected chi connectivity index (χ1v) is 12.3. The van der Waals surface area contributed by atoms with E-state index >= 15 is 0 Å². The van der Waals surface area contributed by atoms with Gasteiger partial charge in [-0.1, -0.05) is 29.3 Å². The predicted molar refractivity (Wildman–Crippen MR) is 121 cm³/mol. The first-order chi connectivity index (χ1) is 15.9. The van der Waals surface area contributed by atoms with Gasteiger partial charge < -0.3 is 14.2 Å². The van der Waals surface area contributed by atoms with Gasteiger partial charge in [0.2, 0.25) is 0 Å². The molecule has 1 saturated carbocycles. The van der Waals surface area contributed by atoms with Gasteiger partial charge in [0, 0.05) is 24.3 Å². The van der Waals surface area contributed by atoms with Crippen molar-refractivity contribution < 1.29 is 32.8 Å². The molecule has 2 aliphatic rings. The third kappa shape index (κ3) is 6.62. The molecular weight excluding hydrogens is 497 g/mol. The van der Waals surface area contributed by atoms with Crippen molar-refractivity contribution in [1.82, 2.24) is 5.32 Å². The summed E-state index contributed by atoms with van der Waals surface area (Å²) in [6, 6.07) is 4.55. The average molecular weight is 520 g/mol. The number of thioether (sulfide) groups is 1. The summed E-state index contributed by atoms with van der Waals surface area (Å²) < 4.78 is 42.1. The summed E-state index contributed by atoms with van der Waals surface area (Å²) >= 11 is 14.1. The third-order valence-corrected chi connectivity index (χ3v) is 7.11. The molecule has 178 valence electrons. The van der Waals surface area contributed by atoms with Crippen LogP contribution in [0, 0.1) is 5.92 Å². The number of esters is 1. The van der Waals surface area contributed by atoms with Crippen LogP contribution in [0.2, 0.25) is 10.0 Å². The van der Waals surface area contributed by atoms with Crippen LogP contribution in [0.1, 0.15) is 30.1 Å². The minimum atomic E-state index is -2.99. The number of ether oxygens (including phenoxy) is 3. The number of aromatic nitrogens is 1. The highest BCUT2D eigenvalue weighted by molar-refractivity contribution is 8.00. The molecule has 0 unspecified atom stereocenters. The SMILES string of the molecule is O=C(O[C@H](Cc1c(Cl)c[nH+]cc1Cl)c1ccc(OC(F)F)c(OCC2CC2)c1)[C@@H]1NCCS1. The Bertz CT molecular complexity index is 971. The second kappa shape index (κ2) is 11.1. The van der Waals surface area contributed by atoms with Gasteiger partial charge in [-0.25, -0.2) is 9.78 Å². The lowest BCUT2D eigenvalue weighted by molar-refractivity contribution is -0.377. The van der Waals surface area contributed by atoms with E-state index in [-0.39, 0.29) is 17.9 Å². The number of hydrogen-bond acceptors (Lipinski definition) is 6. The van der Waals surface area contributed by atoms with Gasteiger partial charge in [-0.05, 0) is 36.5 Å². The van der Waals surface area contributed by atoms with Gasteiger partial charge in [-0.15, -0.1) is 11.8 Å². The maximum Gasteiger partial charge on any atom is 0.387 e. The molecule has 33 heavy (non-hydrogen) atoms. The monoisotopic (exact) mass is 519 g/mol. The van der Waals surface area contributed by atoms with E-state index < -0.39 is 24.1 Å². The van der Waals surface area contributed by atoms with Crippen LogP contribution in [0.4, 0.5) is 8.78 Å². The summed E-state index contributed by atoms with van der Waals surface area (Å²) in [7, 11) is 0. The van der Waals surface area contributed by atoms with Crippen molar-refractivity contribution in [3.63, 3.8) is 0 Å². The minimum Gasteiger partial charge on any atom is -0.489 e. The fourth-order valence-electron chi connectivity index (χ4n) is 3.39. The maximum atomic E-state index is 12.9. The zero-order valence-corrected chi connectivity index (χ0v) is 19.8. The number of benzene rings is 1. The number of halogens is 4. The number of pyridine rings is 1. The number of hydrogen-bond donors (Lipinski definition) is 1. The molecule has 0 radical (unpaired) electrons. The maximum absolute atomic E-state index is 12.9. The second-order valence-electron chi connectivity index (χ2n) is 7.80. The predicted octanol–water partition coefficient (Wildman–Crippen LogP) is 4.69. The molecule has 1 aliphatic carbocycles. The van der Waals surface area contributed by atoms with Gasteiger partial charge in [0.15, 0.2) is 29.3 Å². The van der Waals surface area contributed by atoms with Gasteiger partial charge in [-0.2, -0.15) is 8.78 Å². The highest BCUT2D eigenvalue weighted by Crippen LogP contribution is 2.38. The lowest BCUT2D eigenvalue weighted by Gasteiger charge is -2.22. The molecule has 0 spiro atoms. The Morgan fingerprint density at radius 2 is 1.97 bits per heavy atom. The second-order valence-corrected chi connectivity index (χ2v) is 9.83. The Labute approximate surface area is 204 Å². The van der Waals surface area contributed by atoms with Crippen LogP contribution < -0.4 is 19.8 Å². The van der Waals surface area contributed by atoms with Gasteiger partial charge in [0.05, 0.1) is 6.61 Å². The largest absolute Gasteiger partial charge is 0.489 e. The highest BCUT2D eigenvalue weighted by Gasteiger charge is 2.30. The molecule has 2 aromatic rings. The smallest absolute Gasteiger partial charge is 0.387 e. The van der Waals surface area contributed by atoms with Crippen LogP contribution in [0.5, 0.6) is 11.5 Å². The van der Waals surface area contributed by atoms with E-state index in [1.54, 1.807) is 24.5 Å². The molecule has 1 aromatic heterocycles. The van der Waals surface area contributed by atoms with E-state index in [2.05, 4.69) is 15.0 Å². The topological polar surface area (TPSA) is 70.9 Å². The number of alkyl halides is 2. The standard InChI is InChI=1S/C22H22Cl2F2N2O4S/c23-15-9-27-10-16(24)14(15)8-18(31-21(29)20-28-5-6-33-20)13-3-4-17(32-22(25)26)19(7-13)30-11-12-1-2-12/h3-4,7,9-10,12,18,20,22,28H,1-2,5-6,8,11H2/p+1/t18-,20-/m1/s1. The third-order valence-electron chi connectivity index (χ3n) is 5.30. The van der Waals surface area contributed by atoms with E-state index in [1.165, 1.54) is 17.8 Å². The Balaban J connectivity index is 1.63. The van der Waals surface area contributed by atoms with Gasteiger partial charge in [0.1, 0.15) is 16.1 Å². The van der Waals surface area contributed by atoms with Crippen molar-refractivity contribution in [3.8, 4) is 11.5 Å². The Morgan fingerprint density at radius 1 is 1.21 bits per heavy atom. The first-order valence-electron chi connectivity index (χ1n) is 10.5. The lowest BCUT2D eigenvalue weighted by Crippen LogP contribution is -2.32. The van der Waals surface area contributed by atoms with E-state index in [0.717, 1.165) is 18.6 Å². The van der Waals surface area contributed by atoms with E-state index in [4.69, 9.17) is 32.7 Å². The van der Waals surface area contributed by atoms with Crippen LogP contribution in [0.15, 0.2) is 30.6 Å². The quantitative estimate of drug-likeness (QED) is 0.459. The number of carbonyl (C=O) groups is 1. The molecule has 1 aromatic carbocycles. The number of nitrogens with one attached hydrogen (secondary N) is 2.